The number of carbonyl (C=O) groups excluding carboxylic acids is 1. The monoisotopic (exact) mass is 249 g/mol. The van der Waals surface area contributed by atoms with Crippen LogP contribution in [0.15, 0.2) is 22.6 Å². The summed E-state index contributed by atoms with van der Waals surface area (Å²) >= 11 is 0. The van der Waals surface area contributed by atoms with Gasteiger partial charge in [-0.25, -0.2) is 9.37 Å². The van der Waals surface area contributed by atoms with Gasteiger partial charge in [0.05, 0.1) is 11.4 Å². The van der Waals surface area contributed by atoms with E-state index < -0.39 is 11.7 Å². The molecular weight excluding hydrogens is 237 g/mol. The highest BCUT2D eigenvalue weighted by atomic mass is 19.1. The number of aryl methyl sites for hydroxylation is 2. The van der Waals surface area contributed by atoms with Crippen molar-refractivity contribution in [1.82, 2.24) is 4.98 Å². The van der Waals surface area contributed by atoms with Crippen molar-refractivity contribution < 1.29 is 13.6 Å². The lowest BCUT2D eigenvalue weighted by atomic mass is 10.2. The zero-order chi connectivity index (χ0) is 13.3. The van der Waals surface area contributed by atoms with E-state index in [2.05, 4.69) is 10.3 Å². The molecule has 0 aliphatic heterocycles. The summed E-state index contributed by atoms with van der Waals surface area (Å²) in [5.41, 5.74) is 6.16. The van der Waals surface area contributed by atoms with Crippen LogP contribution in [-0.2, 0) is 0 Å². The van der Waals surface area contributed by atoms with Crippen LogP contribution in [0.4, 0.5) is 15.8 Å². The number of nitrogens with two attached hydrogens (primary N) is 1. The lowest BCUT2D eigenvalue weighted by molar-refractivity contribution is 0.0994. The van der Waals surface area contributed by atoms with Gasteiger partial charge >= 0.3 is 0 Å². The van der Waals surface area contributed by atoms with Crippen LogP contribution >= 0.6 is 0 Å². The van der Waals surface area contributed by atoms with E-state index in [0.29, 0.717) is 17.3 Å². The van der Waals surface area contributed by atoms with Gasteiger partial charge in [0.1, 0.15) is 5.82 Å². The molecule has 0 aliphatic rings. The molecule has 1 heterocycles. The Labute approximate surface area is 103 Å². The third-order valence-electron chi connectivity index (χ3n) is 2.37. The molecule has 0 aliphatic carbocycles. The first-order valence-corrected chi connectivity index (χ1v) is 5.28. The number of aromatic nitrogens is 1. The van der Waals surface area contributed by atoms with E-state index in [1.54, 1.807) is 13.8 Å². The van der Waals surface area contributed by atoms with Crippen molar-refractivity contribution in [2.24, 2.45) is 0 Å². The highest BCUT2D eigenvalue weighted by molar-refractivity contribution is 6.03. The minimum absolute atomic E-state index is 0.0275. The molecule has 6 heteroatoms. The van der Waals surface area contributed by atoms with E-state index in [1.165, 1.54) is 12.1 Å². The standard InChI is InChI=1S/C12H12FN3O2/c1-6-11(18-7(2)15-6)12(17)16-8-3-4-10(14)9(13)5-8/h3-5H,14H2,1-2H3,(H,16,17). The number of halogens is 1. The van der Waals surface area contributed by atoms with Gasteiger partial charge in [-0.3, -0.25) is 4.79 Å². The predicted molar refractivity (Wildman–Crippen MR) is 64.7 cm³/mol. The fraction of sp³-hybridized carbons (Fsp3) is 0.167. The van der Waals surface area contributed by atoms with E-state index in [1.807, 2.05) is 0 Å². The predicted octanol–water partition coefficient (Wildman–Crippen LogP) is 2.27. The maximum absolute atomic E-state index is 13.2. The van der Waals surface area contributed by atoms with Gasteiger partial charge < -0.3 is 15.5 Å². The van der Waals surface area contributed by atoms with E-state index in [0.717, 1.165) is 6.07 Å². The summed E-state index contributed by atoms with van der Waals surface area (Å²) in [6.45, 7) is 3.31. The second-order valence-corrected chi connectivity index (χ2v) is 3.84. The second-order valence-electron chi connectivity index (χ2n) is 3.84. The minimum atomic E-state index is -0.585. The summed E-state index contributed by atoms with van der Waals surface area (Å²) in [6, 6.07) is 4.03. The molecule has 0 unspecified atom stereocenters. The van der Waals surface area contributed by atoms with Crippen LogP contribution in [0.2, 0.25) is 0 Å². The number of nitrogens with zero attached hydrogens (tertiary/aromatic N) is 1. The van der Waals surface area contributed by atoms with Crippen molar-refractivity contribution in [1.29, 1.82) is 0 Å². The molecule has 1 aromatic heterocycles. The number of anilines is 2. The summed E-state index contributed by atoms with van der Waals surface area (Å²) in [4.78, 5) is 15.8. The topological polar surface area (TPSA) is 81.2 Å². The number of carbonyl (C=O) groups is 1. The first-order chi connectivity index (χ1) is 8.47. The fourth-order valence-electron chi connectivity index (χ4n) is 1.53. The van der Waals surface area contributed by atoms with Crippen LogP contribution in [0.1, 0.15) is 22.1 Å². The van der Waals surface area contributed by atoms with Gasteiger partial charge in [0.25, 0.3) is 5.91 Å². The smallest absolute Gasteiger partial charge is 0.293 e. The number of oxazole rings is 1. The Hall–Kier alpha value is -2.37. The van der Waals surface area contributed by atoms with Gasteiger partial charge in [0.15, 0.2) is 5.89 Å². The summed E-state index contributed by atoms with van der Waals surface area (Å²) in [5, 5.41) is 2.51. The van der Waals surface area contributed by atoms with Crippen molar-refractivity contribution in [2.75, 3.05) is 11.1 Å². The molecule has 18 heavy (non-hydrogen) atoms. The van der Waals surface area contributed by atoms with Gasteiger partial charge in [-0.2, -0.15) is 0 Å². The van der Waals surface area contributed by atoms with E-state index in [4.69, 9.17) is 10.2 Å². The number of nitrogens with one attached hydrogen (secondary N) is 1. The first-order valence-electron chi connectivity index (χ1n) is 5.28. The van der Waals surface area contributed by atoms with Gasteiger partial charge in [0.2, 0.25) is 5.76 Å². The quantitative estimate of drug-likeness (QED) is 0.800. The average Bonchev–Trinajstić information content (AvgIpc) is 2.63. The molecule has 0 fully saturated rings. The SMILES string of the molecule is Cc1nc(C)c(C(=O)Nc2ccc(N)c(F)c2)o1. The Bertz CT molecular complexity index is 607. The third kappa shape index (κ3) is 2.32. The van der Waals surface area contributed by atoms with Crippen molar-refractivity contribution in [2.45, 2.75) is 13.8 Å². The van der Waals surface area contributed by atoms with Crippen LogP contribution in [-0.4, -0.2) is 10.9 Å². The van der Waals surface area contributed by atoms with Crippen LogP contribution in [0.3, 0.4) is 0 Å². The molecule has 0 radical (unpaired) electrons. The number of hydrogen-bond donors (Lipinski definition) is 2. The molecule has 1 aromatic carbocycles. The van der Waals surface area contributed by atoms with E-state index in [9.17, 15) is 9.18 Å². The summed E-state index contributed by atoms with van der Waals surface area (Å²) in [7, 11) is 0. The van der Waals surface area contributed by atoms with Crippen molar-refractivity contribution in [3.8, 4) is 0 Å². The zero-order valence-electron chi connectivity index (χ0n) is 9.95. The Balaban J connectivity index is 2.21. The zero-order valence-corrected chi connectivity index (χ0v) is 9.95. The highest BCUT2D eigenvalue weighted by Crippen LogP contribution is 2.17. The largest absolute Gasteiger partial charge is 0.436 e. The van der Waals surface area contributed by atoms with Crippen molar-refractivity contribution >= 4 is 17.3 Å². The van der Waals surface area contributed by atoms with Crippen molar-refractivity contribution in [3.05, 3.63) is 41.4 Å². The molecule has 0 atom stereocenters. The number of hydrogen-bond acceptors (Lipinski definition) is 4. The molecule has 0 spiro atoms. The lowest BCUT2D eigenvalue weighted by Crippen LogP contribution is -2.12. The molecule has 0 saturated heterocycles. The van der Waals surface area contributed by atoms with Gasteiger partial charge in [-0.15, -0.1) is 0 Å². The molecule has 0 bridgehead atoms. The van der Waals surface area contributed by atoms with E-state index >= 15 is 0 Å². The highest BCUT2D eigenvalue weighted by Gasteiger charge is 2.16. The van der Waals surface area contributed by atoms with Crippen LogP contribution in [0.5, 0.6) is 0 Å². The Kier molecular flexibility index (Phi) is 3.01. The molecule has 2 aromatic rings. The number of rotatable bonds is 2. The van der Waals surface area contributed by atoms with Crippen molar-refractivity contribution in [3.63, 3.8) is 0 Å². The normalized spacial score (nSPS) is 10.4. The molecule has 94 valence electrons. The maximum atomic E-state index is 13.2. The molecular formula is C12H12FN3O2. The minimum Gasteiger partial charge on any atom is -0.436 e. The second kappa shape index (κ2) is 4.48. The summed E-state index contributed by atoms with van der Waals surface area (Å²) < 4.78 is 18.4. The van der Waals surface area contributed by atoms with Crippen LogP contribution in [0, 0.1) is 19.7 Å². The molecule has 3 N–H and O–H groups in total. The number of benzene rings is 1. The van der Waals surface area contributed by atoms with Gasteiger partial charge in [-0.05, 0) is 25.1 Å². The maximum Gasteiger partial charge on any atom is 0.293 e. The Morgan fingerprint density at radius 3 is 2.72 bits per heavy atom. The molecule has 0 saturated carbocycles. The first kappa shape index (κ1) is 12.1. The number of nitrogen functional groups attached to an aromatic ring is 1. The van der Waals surface area contributed by atoms with E-state index in [-0.39, 0.29) is 11.4 Å². The van der Waals surface area contributed by atoms with Crippen LogP contribution in [0.25, 0.3) is 0 Å². The molecule has 2 rings (SSSR count). The molecule has 1 amide bonds. The number of amides is 1. The van der Waals surface area contributed by atoms with Gasteiger partial charge in [0, 0.05) is 12.6 Å². The fourth-order valence-corrected chi connectivity index (χ4v) is 1.53. The average molecular weight is 249 g/mol. The Morgan fingerprint density at radius 2 is 2.17 bits per heavy atom. The van der Waals surface area contributed by atoms with Gasteiger partial charge in [-0.1, -0.05) is 0 Å². The summed E-state index contributed by atoms with van der Waals surface area (Å²) in [6.07, 6.45) is 0. The summed E-state index contributed by atoms with van der Waals surface area (Å²) in [5.74, 6) is -0.540. The van der Waals surface area contributed by atoms with Crippen LogP contribution < -0.4 is 11.1 Å². The molecule has 5 nitrogen and oxygen atoms in total. The third-order valence-corrected chi connectivity index (χ3v) is 2.37. The Morgan fingerprint density at radius 1 is 1.44 bits per heavy atom. The lowest BCUT2D eigenvalue weighted by Gasteiger charge is -2.04.